The molecule has 0 aliphatic carbocycles. The standard InChI is InChI=1S/C5H6F3N2O3/c6-5(7,8)2-13-4(12)10-1-3(9)11/h9H,1-2H2,(H,10,12). The SMILES string of the molecule is [NH]C(=O)CNC(=O)OCC(F)(F)F. The first kappa shape index (κ1) is 11.5. The normalized spacial score (nSPS) is 10.7. The van der Waals surface area contributed by atoms with Crippen molar-refractivity contribution in [1.82, 2.24) is 11.1 Å². The highest BCUT2D eigenvalue weighted by Crippen LogP contribution is 2.14. The summed E-state index contributed by atoms with van der Waals surface area (Å²) < 4.78 is 37.9. The predicted octanol–water partition coefficient (Wildman–Crippen LogP) is 0.0844. The summed E-state index contributed by atoms with van der Waals surface area (Å²) in [6, 6.07) is 0. The van der Waals surface area contributed by atoms with Crippen LogP contribution in [0.3, 0.4) is 0 Å². The van der Waals surface area contributed by atoms with Gasteiger partial charge in [-0.15, -0.1) is 0 Å². The van der Waals surface area contributed by atoms with Crippen LogP contribution in [-0.2, 0) is 9.53 Å². The predicted molar refractivity (Wildman–Crippen MR) is 33.5 cm³/mol. The van der Waals surface area contributed by atoms with Gasteiger partial charge in [0.25, 0.3) is 5.91 Å². The monoisotopic (exact) mass is 199 g/mol. The number of rotatable bonds is 3. The van der Waals surface area contributed by atoms with E-state index >= 15 is 0 Å². The minimum Gasteiger partial charge on any atom is -0.440 e. The molecule has 0 saturated heterocycles. The highest BCUT2D eigenvalue weighted by Gasteiger charge is 2.29. The van der Waals surface area contributed by atoms with Crippen LogP contribution in [0.5, 0.6) is 0 Å². The lowest BCUT2D eigenvalue weighted by Gasteiger charge is -2.07. The van der Waals surface area contributed by atoms with Crippen molar-refractivity contribution in [2.45, 2.75) is 6.18 Å². The molecule has 8 heteroatoms. The second-order valence-corrected chi connectivity index (χ2v) is 1.97. The van der Waals surface area contributed by atoms with Gasteiger partial charge in [0, 0.05) is 0 Å². The maximum Gasteiger partial charge on any atom is 0.422 e. The molecule has 0 unspecified atom stereocenters. The van der Waals surface area contributed by atoms with E-state index in [1.165, 1.54) is 0 Å². The third-order valence-corrected chi connectivity index (χ3v) is 0.760. The molecule has 0 aromatic heterocycles. The van der Waals surface area contributed by atoms with Crippen molar-refractivity contribution in [3.05, 3.63) is 0 Å². The van der Waals surface area contributed by atoms with Gasteiger partial charge in [0.2, 0.25) is 0 Å². The number of nitrogens with one attached hydrogen (secondary N) is 2. The molecule has 0 aliphatic heterocycles. The lowest BCUT2D eigenvalue weighted by atomic mass is 10.6. The first-order valence-corrected chi connectivity index (χ1v) is 3.03. The van der Waals surface area contributed by atoms with E-state index in [0.29, 0.717) is 0 Å². The highest BCUT2D eigenvalue weighted by atomic mass is 19.4. The van der Waals surface area contributed by atoms with Gasteiger partial charge in [0.15, 0.2) is 6.61 Å². The van der Waals surface area contributed by atoms with Crippen LogP contribution in [0, 0.1) is 0 Å². The van der Waals surface area contributed by atoms with E-state index in [-0.39, 0.29) is 0 Å². The van der Waals surface area contributed by atoms with Crippen LogP contribution in [0.1, 0.15) is 0 Å². The molecular formula is C5H6F3N2O3. The Labute approximate surface area is 71.0 Å². The third kappa shape index (κ3) is 8.44. The summed E-state index contributed by atoms with van der Waals surface area (Å²) in [5, 5.41) is 1.66. The molecule has 0 atom stereocenters. The number of hydrogen-bond acceptors (Lipinski definition) is 3. The van der Waals surface area contributed by atoms with Gasteiger partial charge in [-0.1, -0.05) is 0 Å². The summed E-state index contributed by atoms with van der Waals surface area (Å²) in [6.07, 6.45) is -5.97. The molecule has 2 amide bonds. The number of halogens is 3. The lowest BCUT2D eigenvalue weighted by Crippen LogP contribution is -2.33. The average molecular weight is 199 g/mol. The molecule has 1 radical (unpaired) electrons. The second-order valence-electron chi connectivity index (χ2n) is 1.97. The smallest absolute Gasteiger partial charge is 0.422 e. The summed E-state index contributed by atoms with van der Waals surface area (Å²) in [5.41, 5.74) is 6.29. The van der Waals surface area contributed by atoms with Gasteiger partial charge in [-0.25, -0.2) is 4.79 Å². The Morgan fingerprint density at radius 3 is 2.31 bits per heavy atom. The number of carbonyl (C=O) groups is 2. The Morgan fingerprint density at radius 2 is 1.92 bits per heavy atom. The van der Waals surface area contributed by atoms with E-state index in [2.05, 4.69) is 4.74 Å². The average Bonchev–Trinajstić information content (AvgIpc) is 1.95. The molecule has 13 heavy (non-hydrogen) atoms. The van der Waals surface area contributed by atoms with E-state index in [9.17, 15) is 22.8 Å². The van der Waals surface area contributed by atoms with Crippen LogP contribution in [0.25, 0.3) is 0 Å². The van der Waals surface area contributed by atoms with Gasteiger partial charge in [0.1, 0.15) is 6.54 Å². The number of alkyl halides is 3. The fraction of sp³-hybridized carbons (Fsp3) is 0.600. The lowest BCUT2D eigenvalue weighted by molar-refractivity contribution is -0.160. The van der Waals surface area contributed by atoms with Gasteiger partial charge in [-0.3, -0.25) is 10.5 Å². The Morgan fingerprint density at radius 1 is 1.38 bits per heavy atom. The molecule has 0 aromatic carbocycles. The Bertz CT molecular complexity index is 204. The first-order valence-electron chi connectivity index (χ1n) is 3.03. The van der Waals surface area contributed by atoms with Gasteiger partial charge in [0.05, 0.1) is 0 Å². The van der Waals surface area contributed by atoms with Gasteiger partial charge < -0.3 is 10.1 Å². The molecule has 0 fully saturated rings. The highest BCUT2D eigenvalue weighted by molar-refractivity contribution is 5.79. The minimum absolute atomic E-state index is 0.670. The molecule has 2 N–H and O–H groups in total. The molecule has 75 valence electrons. The molecule has 0 aromatic rings. The van der Waals surface area contributed by atoms with Crippen LogP contribution in [0.15, 0.2) is 0 Å². The molecule has 0 aliphatic rings. The number of carbonyl (C=O) groups excluding carboxylic acids is 2. The number of ether oxygens (including phenoxy) is 1. The molecule has 0 saturated carbocycles. The van der Waals surface area contributed by atoms with Crippen LogP contribution in [0.4, 0.5) is 18.0 Å². The van der Waals surface area contributed by atoms with Crippen LogP contribution < -0.4 is 11.1 Å². The number of hydrogen-bond donors (Lipinski definition) is 1. The Balaban J connectivity index is 3.58. The summed E-state index contributed by atoms with van der Waals surface area (Å²) in [4.78, 5) is 20.2. The number of alkyl carbamates (subject to hydrolysis) is 1. The van der Waals surface area contributed by atoms with E-state index in [1.54, 1.807) is 5.32 Å². The third-order valence-electron chi connectivity index (χ3n) is 0.760. The maximum atomic E-state index is 11.4. The first-order chi connectivity index (χ1) is 5.81. The summed E-state index contributed by atoms with van der Waals surface area (Å²) in [5.74, 6) is -1.12. The molecular weight excluding hydrogens is 193 g/mol. The van der Waals surface area contributed by atoms with E-state index in [1.807, 2.05) is 0 Å². The van der Waals surface area contributed by atoms with Crippen molar-refractivity contribution >= 4 is 12.0 Å². The molecule has 0 bridgehead atoms. The zero-order valence-corrected chi connectivity index (χ0v) is 6.27. The second kappa shape index (κ2) is 4.53. The van der Waals surface area contributed by atoms with Crippen molar-refractivity contribution < 1.29 is 27.5 Å². The Hall–Kier alpha value is -1.47. The Kier molecular flexibility index (Phi) is 4.02. The van der Waals surface area contributed by atoms with Gasteiger partial charge in [-0.05, 0) is 0 Å². The fourth-order valence-electron chi connectivity index (χ4n) is 0.351. The fourth-order valence-corrected chi connectivity index (χ4v) is 0.351. The van der Waals surface area contributed by atoms with Gasteiger partial charge >= 0.3 is 12.3 Å². The zero-order valence-electron chi connectivity index (χ0n) is 6.27. The van der Waals surface area contributed by atoms with Crippen LogP contribution in [0.2, 0.25) is 0 Å². The molecule has 0 heterocycles. The van der Waals surface area contributed by atoms with Crippen molar-refractivity contribution in [2.75, 3.05) is 13.2 Å². The van der Waals surface area contributed by atoms with E-state index < -0.39 is 31.3 Å². The van der Waals surface area contributed by atoms with Gasteiger partial charge in [-0.2, -0.15) is 13.2 Å². The topological polar surface area (TPSA) is 79.2 Å². The summed E-state index contributed by atoms with van der Waals surface area (Å²) >= 11 is 0. The molecule has 5 nitrogen and oxygen atoms in total. The molecule has 0 spiro atoms. The van der Waals surface area contributed by atoms with Crippen molar-refractivity contribution in [3.63, 3.8) is 0 Å². The minimum atomic E-state index is -4.59. The number of amides is 2. The van der Waals surface area contributed by atoms with Crippen molar-refractivity contribution in [2.24, 2.45) is 0 Å². The summed E-state index contributed by atoms with van der Waals surface area (Å²) in [7, 11) is 0. The van der Waals surface area contributed by atoms with E-state index in [0.717, 1.165) is 0 Å². The van der Waals surface area contributed by atoms with Crippen LogP contribution >= 0.6 is 0 Å². The quantitative estimate of drug-likeness (QED) is 0.699. The summed E-state index contributed by atoms with van der Waals surface area (Å²) in [6.45, 7) is -2.39. The largest absolute Gasteiger partial charge is 0.440 e. The maximum absolute atomic E-state index is 11.4. The van der Waals surface area contributed by atoms with Crippen molar-refractivity contribution in [3.8, 4) is 0 Å². The van der Waals surface area contributed by atoms with Crippen LogP contribution in [-0.4, -0.2) is 31.3 Å². The van der Waals surface area contributed by atoms with E-state index in [4.69, 9.17) is 5.73 Å². The zero-order chi connectivity index (χ0) is 10.5. The molecule has 0 rings (SSSR count). The van der Waals surface area contributed by atoms with Crippen molar-refractivity contribution in [1.29, 1.82) is 0 Å².